The van der Waals surface area contributed by atoms with Crippen LogP contribution in [0.25, 0.3) is 11.1 Å². The smallest absolute Gasteiger partial charge is 0.116 e. The van der Waals surface area contributed by atoms with Gasteiger partial charge in [-0.15, -0.1) is 0 Å². The quantitative estimate of drug-likeness (QED) is 0.863. The van der Waals surface area contributed by atoms with E-state index in [0.717, 1.165) is 37.6 Å². The van der Waals surface area contributed by atoms with Crippen molar-refractivity contribution in [2.24, 2.45) is 0 Å². The SMILES string of the molecule is C(OCC1CO1)C1CO1.Oc1cccc(-c2ccccc2)c1. The number of phenols is 1. The average molecular weight is 300 g/mol. The van der Waals surface area contributed by atoms with Gasteiger partial charge in [-0.05, 0) is 23.3 Å². The minimum absolute atomic E-state index is 0.307. The Kier molecular flexibility index (Phi) is 5.06. The molecule has 2 saturated heterocycles. The molecule has 0 saturated carbocycles. The van der Waals surface area contributed by atoms with Crippen LogP contribution >= 0.6 is 0 Å². The van der Waals surface area contributed by atoms with Crippen LogP contribution in [0.2, 0.25) is 0 Å². The van der Waals surface area contributed by atoms with Gasteiger partial charge in [-0.25, -0.2) is 0 Å². The zero-order valence-corrected chi connectivity index (χ0v) is 12.4. The largest absolute Gasteiger partial charge is 0.508 e. The highest BCUT2D eigenvalue weighted by Gasteiger charge is 2.26. The summed E-state index contributed by atoms with van der Waals surface area (Å²) in [5.74, 6) is 0.307. The van der Waals surface area contributed by atoms with Gasteiger partial charge in [0.05, 0.1) is 26.4 Å². The van der Waals surface area contributed by atoms with Gasteiger partial charge in [0.25, 0.3) is 0 Å². The maximum absolute atomic E-state index is 9.27. The molecule has 2 aliphatic heterocycles. The summed E-state index contributed by atoms with van der Waals surface area (Å²) in [4.78, 5) is 0. The Bertz CT molecular complexity index is 565. The third-order valence-electron chi connectivity index (χ3n) is 3.37. The van der Waals surface area contributed by atoms with Crippen LogP contribution in [-0.2, 0) is 14.2 Å². The zero-order chi connectivity index (χ0) is 15.2. The molecule has 1 N–H and O–H groups in total. The molecule has 4 heteroatoms. The Morgan fingerprint density at radius 3 is 2.00 bits per heavy atom. The summed E-state index contributed by atoms with van der Waals surface area (Å²) in [6.45, 7) is 3.26. The molecule has 4 rings (SSSR count). The molecule has 0 aromatic heterocycles. The van der Waals surface area contributed by atoms with Gasteiger partial charge in [0.2, 0.25) is 0 Å². The molecule has 2 unspecified atom stereocenters. The highest BCUT2D eigenvalue weighted by atomic mass is 16.6. The molecule has 0 aliphatic carbocycles. The summed E-state index contributed by atoms with van der Waals surface area (Å²) in [5.41, 5.74) is 2.17. The van der Waals surface area contributed by atoms with Gasteiger partial charge in [-0.2, -0.15) is 0 Å². The Hall–Kier alpha value is -1.88. The van der Waals surface area contributed by atoms with E-state index >= 15 is 0 Å². The number of aromatic hydroxyl groups is 1. The van der Waals surface area contributed by atoms with Gasteiger partial charge in [-0.3, -0.25) is 0 Å². The Labute approximate surface area is 130 Å². The van der Waals surface area contributed by atoms with Gasteiger partial charge in [0, 0.05) is 0 Å². The summed E-state index contributed by atoms with van der Waals surface area (Å²) >= 11 is 0. The number of epoxide rings is 2. The fraction of sp³-hybridized carbons (Fsp3) is 0.333. The van der Waals surface area contributed by atoms with Crippen LogP contribution in [-0.4, -0.2) is 43.7 Å². The first-order valence-corrected chi connectivity index (χ1v) is 7.46. The van der Waals surface area contributed by atoms with E-state index in [9.17, 15) is 5.11 Å². The molecule has 2 heterocycles. The van der Waals surface area contributed by atoms with E-state index in [4.69, 9.17) is 14.2 Å². The van der Waals surface area contributed by atoms with Crippen molar-refractivity contribution in [2.75, 3.05) is 26.4 Å². The molecule has 2 aromatic rings. The monoisotopic (exact) mass is 300 g/mol. The van der Waals surface area contributed by atoms with Crippen molar-refractivity contribution in [2.45, 2.75) is 12.2 Å². The van der Waals surface area contributed by atoms with Crippen LogP contribution in [0.5, 0.6) is 5.75 Å². The number of phenolic OH excluding ortho intramolecular Hbond substituents is 1. The molecule has 4 nitrogen and oxygen atoms in total. The normalized spacial score (nSPS) is 21.6. The third kappa shape index (κ3) is 5.15. The van der Waals surface area contributed by atoms with Crippen molar-refractivity contribution in [1.82, 2.24) is 0 Å². The first-order valence-electron chi connectivity index (χ1n) is 7.46. The third-order valence-corrected chi connectivity index (χ3v) is 3.37. The standard InChI is InChI=1S/C12H10O.C6H10O3/c13-12-8-4-7-11(9-12)10-5-2-1-3-6-10;1(5-3-8-5)7-2-6-4-9-6/h1-9,13H;5-6H,1-4H2. The van der Waals surface area contributed by atoms with Crippen LogP contribution in [0.3, 0.4) is 0 Å². The molecule has 22 heavy (non-hydrogen) atoms. The van der Waals surface area contributed by atoms with Gasteiger partial charge < -0.3 is 19.3 Å². The summed E-state index contributed by atoms with van der Waals surface area (Å²) in [7, 11) is 0. The minimum Gasteiger partial charge on any atom is -0.508 e. The van der Waals surface area contributed by atoms with Gasteiger partial charge in [0.15, 0.2) is 0 Å². The number of rotatable bonds is 5. The Balaban J connectivity index is 0.000000139. The Morgan fingerprint density at radius 2 is 1.45 bits per heavy atom. The van der Waals surface area contributed by atoms with Crippen LogP contribution in [0.15, 0.2) is 54.6 Å². The van der Waals surface area contributed by atoms with E-state index in [1.165, 1.54) is 0 Å². The first-order chi connectivity index (χ1) is 10.8. The predicted octanol–water partition coefficient (Wildman–Crippen LogP) is 2.86. The maximum atomic E-state index is 9.27. The van der Waals surface area contributed by atoms with Gasteiger partial charge >= 0.3 is 0 Å². The molecule has 2 aliphatic rings. The van der Waals surface area contributed by atoms with Crippen molar-refractivity contribution in [3.8, 4) is 16.9 Å². The summed E-state index contributed by atoms with van der Waals surface area (Å²) in [6.07, 6.45) is 0.785. The fourth-order valence-corrected chi connectivity index (χ4v) is 1.98. The minimum atomic E-state index is 0.307. The highest BCUT2D eigenvalue weighted by Crippen LogP contribution is 2.22. The van der Waals surface area contributed by atoms with Crippen LogP contribution in [0.1, 0.15) is 0 Å². The number of benzene rings is 2. The Morgan fingerprint density at radius 1 is 0.864 bits per heavy atom. The molecule has 0 bridgehead atoms. The second kappa shape index (κ2) is 7.40. The highest BCUT2D eigenvalue weighted by molar-refractivity contribution is 5.64. The lowest BCUT2D eigenvalue weighted by Gasteiger charge is -2.00. The van der Waals surface area contributed by atoms with Gasteiger partial charge in [-0.1, -0.05) is 42.5 Å². The van der Waals surface area contributed by atoms with Gasteiger partial charge in [0.1, 0.15) is 18.0 Å². The predicted molar refractivity (Wildman–Crippen MR) is 83.8 cm³/mol. The fourth-order valence-electron chi connectivity index (χ4n) is 1.98. The molecular weight excluding hydrogens is 280 g/mol. The zero-order valence-electron chi connectivity index (χ0n) is 12.4. The molecule has 116 valence electrons. The van der Waals surface area contributed by atoms with Crippen molar-refractivity contribution in [3.63, 3.8) is 0 Å². The van der Waals surface area contributed by atoms with E-state index < -0.39 is 0 Å². The first kappa shape index (κ1) is 15.0. The average Bonchev–Trinajstić information content (AvgIpc) is 3.44. The lowest BCUT2D eigenvalue weighted by atomic mass is 10.1. The summed E-state index contributed by atoms with van der Waals surface area (Å²) in [5, 5.41) is 9.27. The molecule has 0 amide bonds. The second-order valence-corrected chi connectivity index (χ2v) is 5.36. The van der Waals surface area contributed by atoms with E-state index in [0.29, 0.717) is 18.0 Å². The van der Waals surface area contributed by atoms with Crippen LogP contribution in [0.4, 0.5) is 0 Å². The molecule has 0 spiro atoms. The lowest BCUT2D eigenvalue weighted by molar-refractivity contribution is 0.102. The topological polar surface area (TPSA) is 54.5 Å². The molecule has 2 fully saturated rings. The summed E-state index contributed by atoms with van der Waals surface area (Å²) < 4.78 is 15.1. The maximum Gasteiger partial charge on any atom is 0.116 e. The van der Waals surface area contributed by atoms with Crippen molar-refractivity contribution in [3.05, 3.63) is 54.6 Å². The molecule has 2 aromatic carbocycles. The van der Waals surface area contributed by atoms with E-state index in [2.05, 4.69) is 0 Å². The van der Waals surface area contributed by atoms with Crippen molar-refractivity contribution < 1.29 is 19.3 Å². The number of ether oxygens (including phenoxy) is 3. The van der Waals surface area contributed by atoms with Crippen LogP contribution < -0.4 is 0 Å². The lowest BCUT2D eigenvalue weighted by Crippen LogP contribution is -2.06. The van der Waals surface area contributed by atoms with E-state index in [1.807, 2.05) is 42.5 Å². The summed E-state index contributed by atoms with van der Waals surface area (Å²) in [6, 6.07) is 17.3. The number of hydrogen-bond acceptors (Lipinski definition) is 4. The molecule has 2 atom stereocenters. The van der Waals surface area contributed by atoms with Crippen molar-refractivity contribution >= 4 is 0 Å². The van der Waals surface area contributed by atoms with E-state index in [1.54, 1.807) is 12.1 Å². The molecular formula is C18H20O4. The van der Waals surface area contributed by atoms with E-state index in [-0.39, 0.29) is 0 Å². The number of hydrogen-bond donors (Lipinski definition) is 1. The second-order valence-electron chi connectivity index (χ2n) is 5.36. The van der Waals surface area contributed by atoms with Crippen LogP contribution in [0, 0.1) is 0 Å². The molecule has 0 radical (unpaired) electrons. The van der Waals surface area contributed by atoms with Crippen molar-refractivity contribution in [1.29, 1.82) is 0 Å².